The van der Waals surface area contributed by atoms with Gasteiger partial charge in [0.15, 0.2) is 11.2 Å². The van der Waals surface area contributed by atoms with E-state index in [1.165, 1.54) is 48.4 Å². The lowest BCUT2D eigenvalue weighted by molar-refractivity contribution is -0.153. The molecule has 0 aromatic heterocycles. The number of primary amides is 1. The molecule has 1 saturated heterocycles. The Bertz CT molecular complexity index is 980. The summed E-state index contributed by atoms with van der Waals surface area (Å²) in [7, 11) is 0. The van der Waals surface area contributed by atoms with E-state index in [1.54, 1.807) is 13.0 Å². The molecule has 4 atom stereocenters. The van der Waals surface area contributed by atoms with Gasteiger partial charge >= 0.3 is 5.97 Å². The summed E-state index contributed by atoms with van der Waals surface area (Å²) in [6, 6.07) is 5.43. The predicted octanol–water partition coefficient (Wildman–Crippen LogP) is 1.56. The third kappa shape index (κ3) is 2.99. The van der Waals surface area contributed by atoms with Crippen LogP contribution in [0.5, 0.6) is 0 Å². The molecule has 1 fully saturated rings. The molecule has 2 N–H and O–H groups in total. The SMILES string of the molecule is CCOC(=O)C1(C#N)C(c2ccccc2F)C(C(N)=O)N2C=C(C(C)=O)C=CC21. The average molecular weight is 397 g/mol. The van der Waals surface area contributed by atoms with Crippen LogP contribution < -0.4 is 5.73 Å². The molecule has 0 saturated carbocycles. The van der Waals surface area contributed by atoms with Crippen LogP contribution in [0.15, 0.2) is 48.2 Å². The molecule has 2 aliphatic rings. The molecule has 8 heteroatoms. The lowest BCUT2D eigenvalue weighted by Crippen LogP contribution is -2.45. The van der Waals surface area contributed by atoms with Crippen LogP contribution in [0.1, 0.15) is 25.3 Å². The molecule has 150 valence electrons. The fraction of sp³-hybridized carbons (Fsp3) is 0.333. The summed E-state index contributed by atoms with van der Waals surface area (Å²) in [6.07, 6.45) is 4.37. The Morgan fingerprint density at radius 3 is 2.59 bits per heavy atom. The monoisotopic (exact) mass is 397 g/mol. The lowest BCUT2D eigenvalue weighted by atomic mass is 9.68. The summed E-state index contributed by atoms with van der Waals surface area (Å²) in [4.78, 5) is 38.8. The van der Waals surface area contributed by atoms with Crippen molar-refractivity contribution in [2.75, 3.05) is 6.61 Å². The van der Waals surface area contributed by atoms with Crippen molar-refractivity contribution in [3.8, 4) is 6.07 Å². The van der Waals surface area contributed by atoms with E-state index in [2.05, 4.69) is 0 Å². The second-order valence-electron chi connectivity index (χ2n) is 6.94. The van der Waals surface area contributed by atoms with Gasteiger partial charge in [0, 0.05) is 17.7 Å². The van der Waals surface area contributed by atoms with E-state index in [9.17, 15) is 24.0 Å². The fourth-order valence-corrected chi connectivity index (χ4v) is 4.17. The minimum absolute atomic E-state index is 0.00153. The number of halogens is 1. The van der Waals surface area contributed by atoms with Gasteiger partial charge in [0.2, 0.25) is 5.91 Å². The van der Waals surface area contributed by atoms with E-state index in [0.717, 1.165) is 0 Å². The number of nitriles is 1. The predicted molar refractivity (Wildman–Crippen MR) is 100 cm³/mol. The summed E-state index contributed by atoms with van der Waals surface area (Å²) in [5, 5.41) is 10.2. The number of nitrogens with zero attached hydrogens (tertiary/aromatic N) is 2. The maximum Gasteiger partial charge on any atom is 0.329 e. The van der Waals surface area contributed by atoms with Crippen LogP contribution in [0.4, 0.5) is 4.39 Å². The van der Waals surface area contributed by atoms with E-state index in [0.29, 0.717) is 0 Å². The maximum atomic E-state index is 14.8. The van der Waals surface area contributed by atoms with Crippen molar-refractivity contribution in [3.05, 3.63) is 59.6 Å². The van der Waals surface area contributed by atoms with Gasteiger partial charge in [-0.05, 0) is 25.5 Å². The van der Waals surface area contributed by atoms with Crippen LogP contribution in [0, 0.1) is 22.6 Å². The number of carbonyl (C=O) groups excluding carboxylic acids is 3. The number of Topliss-reactive ketones (excluding diaryl/α,β-unsaturated/α-hetero) is 1. The molecule has 7 nitrogen and oxygen atoms in total. The standard InChI is InChI=1S/C21H20FN3O4/c1-3-29-20(28)21(11-23)16-9-8-13(12(2)26)10-25(16)18(19(24)27)17(21)14-6-4-5-7-15(14)22/h4-10,16-18H,3H2,1-2H3,(H2,24,27). The molecule has 0 aliphatic carbocycles. The van der Waals surface area contributed by atoms with Crippen LogP contribution in [-0.4, -0.2) is 41.3 Å². The number of benzene rings is 1. The Morgan fingerprint density at radius 2 is 2.03 bits per heavy atom. The van der Waals surface area contributed by atoms with E-state index >= 15 is 0 Å². The summed E-state index contributed by atoms with van der Waals surface area (Å²) in [6.45, 7) is 2.94. The summed E-state index contributed by atoms with van der Waals surface area (Å²) in [5.74, 6) is -3.90. The minimum Gasteiger partial charge on any atom is -0.465 e. The second-order valence-corrected chi connectivity index (χ2v) is 6.94. The molecule has 1 amide bonds. The molecule has 0 spiro atoms. The number of fused-ring (bicyclic) bond motifs is 1. The third-order valence-electron chi connectivity index (χ3n) is 5.40. The molecule has 1 aromatic rings. The molecule has 0 bridgehead atoms. The van der Waals surface area contributed by atoms with Crippen LogP contribution in [0.25, 0.3) is 0 Å². The highest BCUT2D eigenvalue weighted by atomic mass is 19.1. The number of nitrogens with two attached hydrogens (primary N) is 1. The molecule has 29 heavy (non-hydrogen) atoms. The zero-order valence-electron chi connectivity index (χ0n) is 16.0. The Kier molecular flexibility index (Phi) is 5.25. The van der Waals surface area contributed by atoms with Gasteiger partial charge in [-0.25, -0.2) is 4.39 Å². The molecular weight excluding hydrogens is 377 g/mol. The number of allylic oxidation sites excluding steroid dienone is 2. The second kappa shape index (κ2) is 7.51. The average Bonchev–Trinajstić information content (AvgIpc) is 2.99. The van der Waals surface area contributed by atoms with Crippen molar-refractivity contribution < 1.29 is 23.5 Å². The van der Waals surface area contributed by atoms with Gasteiger partial charge in [-0.2, -0.15) is 5.26 Å². The van der Waals surface area contributed by atoms with Crippen LogP contribution in [0.3, 0.4) is 0 Å². The molecule has 0 radical (unpaired) electrons. The first-order valence-electron chi connectivity index (χ1n) is 9.10. The van der Waals surface area contributed by atoms with Crippen molar-refractivity contribution in [1.82, 2.24) is 4.90 Å². The highest BCUT2D eigenvalue weighted by molar-refractivity contribution is 5.97. The number of esters is 1. The van der Waals surface area contributed by atoms with Gasteiger partial charge in [0.1, 0.15) is 11.9 Å². The van der Waals surface area contributed by atoms with E-state index < -0.39 is 41.1 Å². The molecule has 2 heterocycles. The Balaban J connectivity index is 2.32. The number of ketones is 1. The van der Waals surface area contributed by atoms with Gasteiger partial charge < -0.3 is 15.4 Å². The summed E-state index contributed by atoms with van der Waals surface area (Å²) < 4.78 is 19.9. The Hall–Kier alpha value is -3.47. The van der Waals surface area contributed by atoms with Gasteiger partial charge in [-0.1, -0.05) is 30.4 Å². The van der Waals surface area contributed by atoms with Crippen molar-refractivity contribution in [2.24, 2.45) is 11.1 Å². The number of amides is 1. The Morgan fingerprint density at radius 1 is 1.34 bits per heavy atom. The van der Waals surface area contributed by atoms with Crippen molar-refractivity contribution in [2.45, 2.75) is 31.8 Å². The van der Waals surface area contributed by atoms with Crippen LogP contribution in [-0.2, 0) is 19.1 Å². The lowest BCUT2D eigenvalue weighted by Gasteiger charge is -2.32. The van der Waals surface area contributed by atoms with Crippen LogP contribution in [0.2, 0.25) is 0 Å². The first-order chi connectivity index (χ1) is 13.8. The minimum atomic E-state index is -1.94. The van der Waals surface area contributed by atoms with Gasteiger partial charge in [-0.3, -0.25) is 14.4 Å². The van der Waals surface area contributed by atoms with E-state index in [-0.39, 0.29) is 23.5 Å². The van der Waals surface area contributed by atoms with E-state index in [1.807, 2.05) is 6.07 Å². The van der Waals surface area contributed by atoms with Crippen LogP contribution >= 0.6 is 0 Å². The number of carbonyl (C=O) groups is 3. The quantitative estimate of drug-likeness (QED) is 0.755. The third-order valence-corrected chi connectivity index (χ3v) is 5.40. The first-order valence-corrected chi connectivity index (χ1v) is 9.10. The number of rotatable bonds is 5. The normalized spacial score (nSPS) is 27.6. The zero-order valence-corrected chi connectivity index (χ0v) is 16.0. The largest absolute Gasteiger partial charge is 0.465 e. The number of ether oxygens (including phenoxy) is 1. The maximum absolute atomic E-state index is 14.8. The van der Waals surface area contributed by atoms with Gasteiger partial charge in [0.05, 0.1) is 18.7 Å². The van der Waals surface area contributed by atoms with Crippen molar-refractivity contribution in [1.29, 1.82) is 5.26 Å². The topological polar surface area (TPSA) is 113 Å². The number of hydrogen-bond donors (Lipinski definition) is 1. The molecule has 2 aliphatic heterocycles. The Labute approximate surface area is 167 Å². The fourth-order valence-electron chi connectivity index (χ4n) is 4.17. The molecule has 4 unspecified atom stereocenters. The summed E-state index contributed by atoms with van der Waals surface area (Å²) in [5.41, 5.74) is 4.00. The summed E-state index contributed by atoms with van der Waals surface area (Å²) >= 11 is 0. The molecular formula is C21H20FN3O4. The van der Waals surface area contributed by atoms with Gasteiger partial charge in [-0.15, -0.1) is 0 Å². The zero-order chi connectivity index (χ0) is 21.3. The highest BCUT2D eigenvalue weighted by Gasteiger charge is 2.66. The first kappa shape index (κ1) is 20.3. The number of hydrogen-bond acceptors (Lipinski definition) is 6. The molecule has 3 rings (SSSR count). The van der Waals surface area contributed by atoms with E-state index in [4.69, 9.17) is 10.5 Å². The molecule has 1 aromatic carbocycles. The smallest absolute Gasteiger partial charge is 0.329 e. The van der Waals surface area contributed by atoms with Crippen molar-refractivity contribution in [3.63, 3.8) is 0 Å². The highest BCUT2D eigenvalue weighted by Crippen LogP contribution is 2.54. The van der Waals surface area contributed by atoms with Crippen molar-refractivity contribution >= 4 is 17.7 Å². The van der Waals surface area contributed by atoms with Gasteiger partial charge in [0.25, 0.3) is 0 Å².